The second-order valence-corrected chi connectivity index (χ2v) is 9.99. The van der Waals surface area contributed by atoms with Gasteiger partial charge in [-0.3, -0.25) is 4.79 Å². The molecule has 1 aliphatic rings. The van der Waals surface area contributed by atoms with E-state index in [0.29, 0.717) is 45.4 Å². The molecule has 2 aromatic carbocycles. The van der Waals surface area contributed by atoms with Crippen LogP contribution in [-0.2, 0) is 11.8 Å². The number of carbonyl (C=O) groups excluding carboxylic acids is 1. The first-order chi connectivity index (χ1) is 20.9. The third kappa shape index (κ3) is 6.66. The molecule has 0 atom stereocenters. The summed E-state index contributed by atoms with van der Waals surface area (Å²) < 4.78 is 23.1. The van der Waals surface area contributed by atoms with Crippen molar-refractivity contribution < 1.29 is 13.9 Å². The van der Waals surface area contributed by atoms with Crippen molar-refractivity contribution in [1.29, 1.82) is 0 Å². The fraction of sp³-hybridized carbons (Fsp3) is 0.300. The number of halogens is 1. The Morgan fingerprint density at radius 2 is 1.86 bits per heavy atom. The number of hydrogen-bond acceptors (Lipinski definition) is 10. The van der Waals surface area contributed by atoms with Crippen LogP contribution in [0.15, 0.2) is 55.5 Å². The highest BCUT2D eigenvalue weighted by Crippen LogP contribution is 2.33. The maximum Gasteiger partial charge on any atom is 0.243 e. The van der Waals surface area contributed by atoms with Crippen molar-refractivity contribution in [2.45, 2.75) is 32.6 Å². The number of anilines is 3. The Morgan fingerprint density at radius 1 is 1.07 bits per heavy atom. The third-order valence-corrected chi connectivity index (χ3v) is 7.09. The van der Waals surface area contributed by atoms with Crippen LogP contribution in [0.25, 0.3) is 22.1 Å². The fourth-order valence-corrected chi connectivity index (χ4v) is 4.67. The Labute approximate surface area is 248 Å². The van der Waals surface area contributed by atoms with Crippen molar-refractivity contribution in [3.05, 3.63) is 66.9 Å². The molecule has 4 heterocycles. The lowest BCUT2D eigenvalue weighted by Crippen LogP contribution is -2.26. The number of carbonyl (C=O) groups is 1. The van der Waals surface area contributed by atoms with E-state index in [1.54, 1.807) is 43.0 Å². The number of aromatic nitrogens is 7. The Balaban J connectivity index is 0.000000559. The highest BCUT2D eigenvalue weighted by atomic mass is 19.1. The van der Waals surface area contributed by atoms with Gasteiger partial charge in [-0.15, -0.1) is 5.10 Å². The van der Waals surface area contributed by atoms with Crippen LogP contribution in [0.3, 0.4) is 0 Å². The standard InChI is InChI=1S/C26H26FN9O.C4H7NO/c1-16-22(37-17-7-9-21-19(13-17)33-34-35(21)2)10-8-18(23(16)27)31-25-24-20(29-15-30-25)14-28-26(32-24)36-11-5-3-4-6-12-36;1-3-4(6)5-2/h7-10,13-15H,3-6,11-12H2,1-2H3,(H,29,30,31);3H,1H2,2H3,(H,5,6). The average Bonchev–Trinajstić information content (AvgIpc) is 3.20. The molecule has 0 spiro atoms. The van der Waals surface area contributed by atoms with Crippen molar-refractivity contribution in [3.63, 3.8) is 0 Å². The van der Waals surface area contributed by atoms with E-state index < -0.39 is 5.82 Å². The van der Waals surface area contributed by atoms with E-state index in [1.165, 1.54) is 25.2 Å². The molecule has 1 fully saturated rings. The molecule has 43 heavy (non-hydrogen) atoms. The van der Waals surface area contributed by atoms with Crippen molar-refractivity contribution >= 4 is 45.4 Å². The van der Waals surface area contributed by atoms with Crippen LogP contribution in [0, 0.1) is 12.7 Å². The Kier molecular flexibility index (Phi) is 8.99. The Morgan fingerprint density at radius 3 is 2.58 bits per heavy atom. The van der Waals surface area contributed by atoms with E-state index in [4.69, 9.17) is 9.72 Å². The number of aryl methyl sites for hydroxylation is 1. The maximum atomic E-state index is 15.5. The molecule has 222 valence electrons. The quantitative estimate of drug-likeness (QED) is 0.263. The largest absolute Gasteiger partial charge is 0.457 e. The SMILES string of the molecule is C=CC(=O)NC.Cc1c(Oc2ccc3c(c2)nnn3C)ccc(Nc2ncnc3cnc(N4CCCCCC4)nc23)c1F. The second kappa shape index (κ2) is 13.2. The lowest BCUT2D eigenvalue weighted by molar-refractivity contribution is -0.116. The number of amides is 1. The van der Waals surface area contributed by atoms with Crippen LogP contribution < -0.4 is 20.3 Å². The van der Waals surface area contributed by atoms with Crippen LogP contribution in [-0.4, -0.2) is 61.0 Å². The normalized spacial score (nSPS) is 13.2. The molecule has 1 aliphatic heterocycles. The number of likely N-dealkylation sites (N-methyl/N-ethyl adjacent to an activating group) is 1. The van der Waals surface area contributed by atoms with Crippen LogP contribution >= 0.6 is 0 Å². The molecule has 3 aromatic heterocycles. The van der Waals surface area contributed by atoms with Gasteiger partial charge >= 0.3 is 0 Å². The Hall–Kier alpha value is -5.20. The van der Waals surface area contributed by atoms with Gasteiger partial charge in [-0.1, -0.05) is 24.6 Å². The summed E-state index contributed by atoms with van der Waals surface area (Å²) in [5, 5.41) is 13.6. The zero-order valence-electron chi connectivity index (χ0n) is 24.3. The molecular weight excluding hydrogens is 551 g/mol. The lowest BCUT2D eigenvalue weighted by Gasteiger charge is -2.20. The maximum absolute atomic E-state index is 15.5. The third-order valence-electron chi connectivity index (χ3n) is 7.09. The molecule has 13 heteroatoms. The fourth-order valence-electron chi connectivity index (χ4n) is 4.67. The summed E-state index contributed by atoms with van der Waals surface area (Å²) in [6.45, 7) is 6.73. The van der Waals surface area contributed by atoms with Crippen molar-refractivity contribution in [3.8, 4) is 11.5 Å². The summed E-state index contributed by atoms with van der Waals surface area (Å²) in [6, 6.07) is 8.81. The van der Waals surface area contributed by atoms with Crippen LogP contribution in [0.1, 0.15) is 31.2 Å². The van der Waals surface area contributed by atoms with Gasteiger partial charge in [0.2, 0.25) is 11.9 Å². The number of fused-ring (bicyclic) bond motifs is 2. The molecule has 2 N–H and O–H groups in total. The molecular formula is C30H33FN10O2. The number of hydrogen-bond donors (Lipinski definition) is 2. The molecule has 0 saturated carbocycles. The predicted molar refractivity (Wildman–Crippen MR) is 163 cm³/mol. The minimum Gasteiger partial charge on any atom is -0.457 e. The monoisotopic (exact) mass is 584 g/mol. The van der Waals surface area contributed by atoms with Crippen LogP contribution in [0.4, 0.5) is 21.8 Å². The summed E-state index contributed by atoms with van der Waals surface area (Å²) in [5.74, 6) is 1.44. The average molecular weight is 585 g/mol. The summed E-state index contributed by atoms with van der Waals surface area (Å²) in [7, 11) is 3.38. The summed E-state index contributed by atoms with van der Waals surface area (Å²) in [6.07, 6.45) is 9.00. The molecule has 1 saturated heterocycles. The highest BCUT2D eigenvalue weighted by Gasteiger charge is 2.17. The minimum atomic E-state index is -0.438. The summed E-state index contributed by atoms with van der Waals surface area (Å²) in [4.78, 5) is 30.1. The molecule has 0 bridgehead atoms. The second-order valence-electron chi connectivity index (χ2n) is 9.99. The summed E-state index contributed by atoms with van der Waals surface area (Å²) in [5.41, 5.74) is 3.36. The number of benzene rings is 2. The smallest absolute Gasteiger partial charge is 0.243 e. The van der Waals surface area contributed by atoms with Gasteiger partial charge in [-0.2, -0.15) is 0 Å². The number of rotatable bonds is 6. The van der Waals surface area contributed by atoms with Crippen molar-refractivity contribution in [2.24, 2.45) is 7.05 Å². The van der Waals surface area contributed by atoms with Crippen molar-refractivity contribution in [1.82, 2.24) is 40.2 Å². The highest BCUT2D eigenvalue weighted by molar-refractivity contribution is 5.87. The van der Waals surface area contributed by atoms with Crippen LogP contribution in [0.5, 0.6) is 11.5 Å². The Bertz CT molecular complexity index is 1770. The molecule has 0 radical (unpaired) electrons. The minimum absolute atomic E-state index is 0.144. The van der Waals surface area contributed by atoms with Crippen molar-refractivity contribution in [2.75, 3.05) is 30.4 Å². The van der Waals surface area contributed by atoms with Gasteiger partial charge in [-0.25, -0.2) is 29.0 Å². The first kappa shape index (κ1) is 29.3. The van der Waals surface area contributed by atoms with Gasteiger partial charge < -0.3 is 20.3 Å². The topological polar surface area (TPSA) is 136 Å². The van der Waals surface area contributed by atoms with Gasteiger partial charge in [-0.05, 0) is 50.1 Å². The van der Waals surface area contributed by atoms with E-state index in [0.717, 1.165) is 31.4 Å². The van der Waals surface area contributed by atoms with E-state index >= 15 is 4.39 Å². The molecule has 12 nitrogen and oxygen atoms in total. The van der Waals surface area contributed by atoms with E-state index in [1.807, 2.05) is 19.2 Å². The zero-order chi connectivity index (χ0) is 30.3. The molecule has 0 unspecified atom stereocenters. The van der Waals surface area contributed by atoms with Gasteiger partial charge in [0, 0.05) is 38.8 Å². The number of nitrogens with zero attached hydrogens (tertiary/aromatic N) is 8. The van der Waals surface area contributed by atoms with Gasteiger partial charge in [0.15, 0.2) is 11.6 Å². The van der Waals surface area contributed by atoms with E-state index in [9.17, 15) is 4.79 Å². The van der Waals surface area contributed by atoms with E-state index in [2.05, 4.69) is 47.4 Å². The van der Waals surface area contributed by atoms with Gasteiger partial charge in [0.1, 0.15) is 34.4 Å². The molecule has 6 rings (SSSR count). The van der Waals surface area contributed by atoms with E-state index in [-0.39, 0.29) is 11.6 Å². The summed E-state index contributed by atoms with van der Waals surface area (Å²) >= 11 is 0. The molecule has 5 aromatic rings. The number of nitrogens with one attached hydrogen (secondary N) is 2. The number of ether oxygens (including phenoxy) is 1. The van der Waals surface area contributed by atoms with Gasteiger partial charge in [0.05, 0.1) is 17.4 Å². The zero-order valence-corrected chi connectivity index (χ0v) is 24.3. The molecule has 0 aliphatic carbocycles. The lowest BCUT2D eigenvalue weighted by atomic mass is 10.1. The van der Waals surface area contributed by atoms with Crippen LogP contribution in [0.2, 0.25) is 0 Å². The first-order valence-corrected chi connectivity index (χ1v) is 14.0. The first-order valence-electron chi connectivity index (χ1n) is 14.0. The van der Waals surface area contributed by atoms with Gasteiger partial charge in [0.25, 0.3) is 0 Å². The molecule has 1 amide bonds. The predicted octanol–water partition coefficient (Wildman–Crippen LogP) is 4.98.